The Morgan fingerprint density at radius 1 is 1.47 bits per heavy atom. The van der Waals surface area contributed by atoms with Gasteiger partial charge in [-0.3, -0.25) is 4.79 Å². The maximum Gasteiger partial charge on any atom is 0.137 e. The molecular weight excluding hydrogens is 254 g/mol. The van der Waals surface area contributed by atoms with E-state index < -0.39 is 0 Å². The minimum atomic E-state index is 0.347. The number of carbonyl (C=O) groups is 1. The largest absolute Gasteiger partial charge is 0.316 e. The van der Waals surface area contributed by atoms with E-state index in [9.17, 15) is 4.79 Å². The number of ketones is 1. The first kappa shape index (κ1) is 10.8. The predicted octanol–water partition coefficient (Wildman–Crippen LogP) is 2.17. The molecule has 1 aliphatic heterocycles. The number of halogens is 1. The van der Waals surface area contributed by atoms with Crippen LogP contribution in [0.5, 0.6) is 0 Å². The van der Waals surface area contributed by atoms with Crippen molar-refractivity contribution in [2.45, 2.75) is 12.8 Å². The zero-order valence-electron chi connectivity index (χ0n) is 8.50. The van der Waals surface area contributed by atoms with Crippen molar-refractivity contribution in [3.05, 3.63) is 34.3 Å². The number of Topliss-reactive ketones (excluding diaryl/α,β-unsaturated/α-hetero) is 1. The van der Waals surface area contributed by atoms with E-state index in [1.807, 2.05) is 24.3 Å². The number of benzene rings is 1. The van der Waals surface area contributed by atoms with Crippen molar-refractivity contribution < 1.29 is 4.79 Å². The Balaban J connectivity index is 1.87. The second kappa shape index (κ2) is 4.90. The van der Waals surface area contributed by atoms with E-state index in [0.717, 1.165) is 29.5 Å². The Hall–Kier alpha value is -0.670. The molecule has 1 aromatic rings. The molecule has 1 aromatic carbocycles. The van der Waals surface area contributed by atoms with Crippen LogP contribution in [-0.4, -0.2) is 18.9 Å². The Labute approximate surface area is 98.2 Å². The number of hydrogen-bond acceptors (Lipinski definition) is 2. The molecule has 3 heteroatoms. The fraction of sp³-hybridized carbons (Fsp3) is 0.417. The van der Waals surface area contributed by atoms with E-state index in [-0.39, 0.29) is 0 Å². The van der Waals surface area contributed by atoms with Gasteiger partial charge < -0.3 is 5.32 Å². The SMILES string of the molecule is O=C(Cc1cccc(Br)c1)CC1CNC1. The lowest BCUT2D eigenvalue weighted by Crippen LogP contribution is -2.43. The van der Waals surface area contributed by atoms with Gasteiger partial charge in [0, 0.05) is 17.3 Å². The zero-order valence-corrected chi connectivity index (χ0v) is 10.1. The van der Waals surface area contributed by atoms with Crippen LogP contribution in [0.3, 0.4) is 0 Å². The standard InChI is InChI=1S/C12H14BrNO/c13-11-3-1-2-9(4-11)5-12(15)6-10-7-14-8-10/h1-4,10,14H,5-8H2. The fourth-order valence-electron chi connectivity index (χ4n) is 1.76. The van der Waals surface area contributed by atoms with Gasteiger partial charge in [-0.1, -0.05) is 28.1 Å². The van der Waals surface area contributed by atoms with Crippen LogP contribution in [0.25, 0.3) is 0 Å². The van der Waals surface area contributed by atoms with Crippen LogP contribution in [0, 0.1) is 5.92 Å². The molecule has 0 amide bonds. The maximum atomic E-state index is 11.7. The van der Waals surface area contributed by atoms with Gasteiger partial charge in [0.1, 0.15) is 5.78 Å². The van der Waals surface area contributed by atoms with Crippen molar-refractivity contribution >= 4 is 21.7 Å². The second-order valence-corrected chi connectivity index (χ2v) is 4.99. The Bertz CT molecular complexity index is 360. The molecule has 80 valence electrons. The normalized spacial score (nSPS) is 16.1. The summed E-state index contributed by atoms with van der Waals surface area (Å²) in [5.74, 6) is 0.921. The zero-order chi connectivity index (χ0) is 10.7. The van der Waals surface area contributed by atoms with Crippen molar-refractivity contribution in [1.82, 2.24) is 5.32 Å². The Morgan fingerprint density at radius 3 is 2.87 bits per heavy atom. The van der Waals surface area contributed by atoms with Gasteiger partial charge in [-0.15, -0.1) is 0 Å². The highest BCUT2D eigenvalue weighted by molar-refractivity contribution is 9.10. The molecule has 0 bridgehead atoms. The third kappa shape index (κ3) is 3.14. The van der Waals surface area contributed by atoms with Crippen LogP contribution in [0.15, 0.2) is 28.7 Å². The smallest absolute Gasteiger partial charge is 0.137 e. The number of rotatable bonds is 4. The molecule has 0 atom stereocenters. The van der Waals surface area contributed by atoms with Crippen molar-refractivity contribution in [3.8, 4) is 0 Å². The third-order valence-corrected chi connectivity index (χ3v) is 3.17. The van der Waals surface area contributed by atoms with Gasteiger partial charge in [0.05, 0.1) is 0 Å². The van der Waals surface area contributed by atoms with E-state index in [4.69, 9.17) is 0 Å². The molecule has 1 saturated heterocycles. The lowest BCUT2D eigenvalue weighted by molar-refractivity contribution is -0.119. The van der Waals surface area contributed by atoms with Crippen LogP contribution in [-0.2, 0) is 11.2 Å². The summed E-state index contributed by atoms with van der Waals surface area (Å²) in [7, 11) is 0. The molecule has 0 spiro atoms. The van der Waals surface area contributed by atoms with Gasteiger partial charge >= 0.3 is 0 Å². The summed E-state index contributed by atoms with van der Waals surface area (Å²) in [6.07, 6.45) is 1.29. The van der Waals surface area contributed by atoms with E-state index in [2.05, 4.69) is 21.2 Å². The number of nitrogens with one attached hydrogen (secondary N) is 1. The highest BCUT2D eigenvalue weighted by Crippen LogP contribution is 2.15. The molecule has 1 N–H and O–H groups in total. The van der Waals surface area contributed by atoms with Crippen molar-refractivity contribution in [2.24, 2.45) is 5.92 Å². The minimum Gasteiger partial charge on any atom is -0.316 e. The monoisotopic (exact) mass is 267 g/mol. The Kier molecular flexibility index (Phi) is 3.54. The van der Waals surface area contributed by atoms with Crippen LogP contribution < -0.4 is 5.32 Å². The summed E-state index contributed by atoms with van der Waals surface area (Å²) in [5.41, 5.74) is 1.10. The quantitative estimate of drug-likeness (QED) is 0.906. The van der Waals surface area contributed by atoms with Gasteiger partial charge in [0.15, 0.2) is 0 Å². The summed E-state index contributed by atoms with van der Waals surface area (Å²) >= 11 is 3.41. The molecule has 0 unspecified atom stereocenters. The Morgan fingerprint density at radius 2 is 2.27 bits per heavy atom. The van der Waals surface area contributed by atoms with Gasteiger partial charge in [0.2, 0.25) is 0 Å². The summed E-state index contributed by atoms with van der Waals surface area (Å²) in [6.45, 7) is 2.01. The highest BCUT2D eigenvalue weighted by atomic mass is 79.9. The molecule has 1 aliphatic rings. The molecule has 2 nitrogen and oxygen atoms in total. The molecular formula is C12H14BrNO. The first-order valence-corrected chi connectivity index (χ1v) is 6.00. The average molecular weight is 268 g/mol. The van der Waals surface area contributed by atoms with Gasteiger partial charge in [0.25, 0.3) is 0 Å². The lowest BCUT2D eigenvalue weighted by atomic mass is 9.94. The van der Waals surface area contributed by atoms with Crippen molar-refractivity contribution in [1.29, 1.82) is 0 Å². The average Bonchev–Trinajstić information content (AvgIpc) is 2.11. The predicted molar refractivity (Wildman–Crippen MR) is 63.8 cm³/mol. The van der Waals surface area contributed by atoms with Gasteiger partial charge in [-0.05, 0) is 36.7 Å². The second-order valence-electron chi connectivity index (χ2n) is 4.07. The molecule has 0 saturated carbocycles. The fourth-order valence-corrected chi connectivity index (χ4v) is 2.21. The van der Waals surface area contributed by atoms with Crippen molar-refractivity contribution in [2.75, 3.05) is 13.1 Å². The van der Waals surface area contributed by atoms with Gasteiger partial charge in [-0.2, -0.15) is 0 Å². The summed E-state index contributed by atoms with van der Waals surface area (Å²) in [6, 6.07) is 7.96. The van der Waals surface area contributed by atoms with E-state index >= 15 is 0 Å². The molecule has 0 aromatic heterocycles. The maximum absolute atomic E-state index is 11.7. The van der Waals surface area contributed by atoms with E-state index in [1.54, 1.807) is 0 Å². The summed E-state index contributed by atoms with van der Waals surface area (Å²) in [5, 5.41) is 3.18. The molecule has 0 aliphatic carbocycles. The molecule has 2 rings (SSSR count). The van der Waals surface area contributed by atoms with E-state index in [0.29, 0.717) is 18.1 Å². The summed E-state index contributed by atoms with van der Waals surface area (Å²) < 4.78 is 1.04. The molecule has 1 heterocycles. The third-order valence-electron chi connectivity index (χ3n) is 2.67. The number of carbonyl (C=O) groups excluding carboxylic acids is 1. The lowest BCUT2D eigenvalue weighted by Gasteiger charge is -2.26. The van der Waals surface area contributed by atoms with Crippen LogP contribution >= 0.6 is 15.9 Å². The summed E-state index contributed by atoms with van der Waals surface area (Å²) in [4.78, 5) is 11.7. The first-order valence-electron chi connectivity index (χ1n) is 5.21. The topological polar surface area (TPSA) is 29.1 Å². The first-order chi connectivity index (χ1) is 7.24. The van der Waals surface area contributed by atoms with Crippen LogP contribution in [0.1, 0.15) is 12.0 Å². The number of hydrogen-bond donors (Lipinski definition) is 1. The van der Waals surface area contributed by atoms with Crippen LogP contribution in [0.4, 0.5) is 0 Å². The minimum absolute atomic E-state index is 0.347. The molecule has 15 heavy (non-hydrogen) atoms. The molecule has 0 radical (unpaired) electrons. The van der Waals surface area contributed by atoms with Crippen LogP contribution in [0.2, 0.25) is 0 Å². The van der Waals surface area contributed by atoms with E-state index in [1.165, 1.54) is 0 Å². The van der Waals surface area contributed by atoms with Crippen molar-refractivity contribution in [3.63, 3.8) is 0 Å². The van der Waals surface area contributed by atoms with Gasteiger partial charge in [-0.25, -0.2) is 0 Å². The molecule has 1 fully saturated rings. The highest BCUT2D eigenvalue weighted by Gasteiger charge is 2.19.